The lowest BCUT2D eigenvalue weighted by Gasteiger charge is -2.46. The molecule has 0 aromatic rings. The molecule has 2 aliphatic heterocycles. The molecule has 5 aliphatic rings. The van der Waals surface area contributed by atoms with E-state index in [9.17, 15) is 29.7 Å². The summed E-state index contributed by atoms with van der Waals surface area (Å²) in [6, 6.07) is -0.704. The second-order valence-corrected chi connectivity index (χ2v) is 11.9. The van der Waals surface area contributed by atoms with Crippen molar-refractivity contribution in [2.45, 2.75) is 70.6 Å². The summed E-state index contributed by atoms with van der Waals surface area (Å²) in [6.07, 6.45) is 9.33. The van der Waals surface area contributed by atoms with Crippen LogP contribution in [0.25, 0.3) is 0 Å². The Kier molecular flexibility index (Phi) is 7.33. The van der Waals surface area contributed by atoms with Crippen molar-refractivity contribution >= 4 is 17.6 Å². The van der Waals surface area contributed by atoms with Crippen molar-refractivity contribution < 1.29 is 29.7 Å². The number of carbonyl (C=O) groups excluding carboxylic acids is 3. The Balaban J connectivity index is 1.49. The third-order valence-electron chi connectivity index (χ3n) is 10.1. The number of carbonyl (C=O) groups is 3. The van der Waals surface area contributed by atoms with Crippen LogP contribution in [0.3, 0.4) is 0 Å². The standard InChI is InChI=1S/C29H40N2O6/c1-3-16-14(2)12-18-19-13-15-9-10-21(32)25-26(34)20(31-29(25)37)7-5-11-30-22(33)8-4-6-17(15)24(19)28(36)27(35)23(16)18/h4,8-10,14-20,23-24,27-28,32,35-36H,3,5-7,11-13H2,1-2H3,(H,30,33)(H,31,37)/b8-4+,10-9-,25-21?/t14-,15+,16-,17-,18+,19-,20+,23+,24+,27+,28+/m1/s1. The van der Waals surface area contributed by atoms with Gasteiger partial charge >= 0.3 is 0 Å². The average molecular weight is 513 g/mol. The van der Waals surface area contributed by atoms with Crippen LogP contribution in [0.4, 0.5) is 0 Å². The van der Waals surface area contributed by atoms with Gasteiger partial charge in [-0.3, -0.25) is 14.4 Å². The Hall–Kier alpha value is -2.45. The Labute approximate surface area is 218 Å². The van der Waals surface area contributed by atoms with Gasteiger partial charge in [0.2, 0.25) is 5.91 Å². The van der Waals surface area contributed by atoms with Gasteiger partial charge in [0.15, 0.2) is 5.78 Å². The molecule has 5 N–H and O–H groups in total. The number of ketones is 1. The van der Waals surface area contributed by atoms with Gasteiger partial charge in [-0.05, 0) is 91.6 Å². The van der Waals surface area contributed by atoms with E-state index in [2.05, 4.69) is 24.5 Å². The van der Waals surface area contributed by atoms with Crippen LogP contribution in [0.1, 0.15) is 52.4 Å². The summed E-state index contributed by atoms with van der Waals surface area (Å²) < 4.78 is 0. The molecule has 0 unspecified atom stereocenters. The van der Waals surface area contributed by atoms with Gasteiger partial charge in [-0.15, -0.1) is 0 Å². The van der Waals surface area contributed by atoms with Crippen LogP contribution < -0.4 is 10.6 Å². The maximum atomic E-state index is 12.8. The molecule has 0 aromatic carbocycles. The normalized spacial score (nSPS) is 46.1. The molecule has 8 nitrogen and oxygen atoms in total. The van der Waals surface area contributed by atoms with Crippen LogP contribution >= 0.6 is 0 Å². The van der Waals surface area contributed by atoms with Crippen molar-refractivity contribution in [3.05, 3.63) is 35.6 Å². The number of hydrogen-bond acceptors (Lipinski definition) is 6. The molecule has 2 amide bonds. The molecule has 3 aliphatic carbocycles. The van der Waals surface area contributed by atoms with Crippen molar-refractivity contribution in [1.82, 2.24) is 10.6 Å². The van der Waals surface area contributed by atoms with Gasteiger partial charge in [0.25, 0.3) is 5.91 Å². The van der Waals surface area contributed by atoms with Gasteiger partial charge in [-0.25, -0.2) is 0 Å². The van der Waals surface area contributed by atoms with Crippen molar-refractivity contribution in [3.8, 4) is 0 Å². The molecule has 2 bridgehead atoms. The zero-order valence-corrected chi connectivity index (χ0v) is 21.7. The van der Waals surface area contributed by atoms with E-state index in [1.165, 1.54) is 12.2 Å². The van der Waals surface area contributed by atoms with Gasteiger partial charge in [0, 0.05) is 6.54 Å². The first-order valence-electron chi connectivity index (χ1n) is 14.0. The van der Waals surface area contributed by atoms with E-state index in [0.717, 1.165) is 19.3 Å². The van der Waals surface area contributed by atoms with Crippen LogP contribution in [-0.4, -0.2) is 57.7 Å². The Morgan fingerprint density at radius 2 is 1.73 bits per heavy atom. The maximum absolute atomic E-state index is 12.8. The van der Waals surface area contributed by atoms with Crippen molar-refractivity contribution in [3.63, 3.8) is 0 Å². The third kappa shape index (κ3) is 4.56. The van der Waals surface area contributed by atoms with Crippen LogP contribution in [0, 0.1) is 47.3 Å². The maximum Gasteiger partial charge on any atom is 0.259 e. The predicted molar refractivity (Wildman–Crippen MR) is 137 cm³/mol. The summed E-state index contributed by atoms with van der Waals surface area (Å²) in [6.45, 7) is 4.78. The number of amides is 2. The number of rotatable bonds is 1. The van der Waals surface area contributed by atoms with Crippen LogP contribution in [-0.2, 0) is 14.4 Å². The number of nitrogens with one attached hydrogen (secondary N) is 2. The molecule has 1 saturated heterocycles. The fraction of sp³-hybridized carbons (Fsp3) is 0.690. The minimum Gasteiger partial charge on any atom is -0.507 e. The molecule has 4 fully saturated rings. The predicted octanol–water partition coefficient (Wildman–Crippen LogP) is 2.18. The summed E-state index contributed by atoms with van der Waals surface area (Å²) in [5.41, 5.74) is -0.213. The smallest absolute Gasteiger partial charge is 0.259 e. The van der Waals surface area contributed by atoms with E-state index >= 15 is 0 Å². The van der Waals surface area contributed by atoms with E-state index in [1.54, 1.807) is 0 Å². The molecule has 8 heteroatoms. The van der Waals surface area contributed by atoms with Crippen molar-refractivity contribution in [2.75, 3.05) is 6.54 Å². The Morgan fingerprint density at radius 3 is 2.49 bits per heavy atom. The number of hydrogen-bond donors (Lipinski definition) is 5. The lowest BCUT2D eigenvalue weighted by atomic mass is 9.62. The molecule has 3 saturated carbocycles. The van der Waals surface area contributed by atoms with Gasteiger partial charge in [-0.1, -0.05) is 32.4 Å². The molecule has 5 rings (SSSR count). The Morgan fingerprint density at radius 1 is 1.00 bits per heavy atom. The molecular weight excluding hydrogens is 472 g/mol. The highest BCUT2D eigenvalue weighted by Crippen LogP contribution is 2.61. The van der Waals surface area contributed by atoms with Gasteiger partial charge in [0.05, 0.1) is 18.2 Å². The number of aliphatic hydroxyl groups is 3. The summed E-state index contributed by atoms with van der Waals surface area (Å²) in [5, 5.41) is 38.9. The zero-order chi connectivity index (χ0) is 26.4. The minimum atomic E-state index is -0.850. The van der Waals surface area contributed by atoms with Crippen molar-refractivity contribution in [2.24, 2.45) is 47.3 Å². The molecule has 0 aromatic heterocycles. The van der Waals surface area contributed by atoms with Crippen LogP contribution in [0.15, 0.2) is 35.6 Å². The molecule has 202 valence electrons. The van der Waals surface area contributed by atoms with Crippen LogP contribution in [0.5, 0.6) is 0 Å². The fourth-order valence-corrected chi connectivity index (χ4v) is 8.56. The highest BCUT2D eigenvalue weighted by molar-refractivity contribution is 6.27. The minimum absolute atomic E-state index is 0.0367. The van der Waals surface area contributed by atoms with Gasteiger partial charge < -0.3 is 26.0 Å². The molecule has 37 heavy (non-hydrogen) atoms. The van der Waals surface area contributed by atoms with Crippen LogP contribution in [0.2, 0.25) is 0 Å². The first-order chi connectivity index (χ1) is 17.7. The lowest BCUT2D eigenvalue weighted by Crippen LogP contribution is -2.52. The zero-order valence-electron chi connectivity index (χ0n) is 21.7. The van der Waals surface area contributed by atoms with Gasteiger partial charge in [0.1, 0.15) is 11.3 Å². The fourth-order valence-electron chi connectivity index (χ4n) is 8.56. The molecular formula is C29H40N2O6. The summed E-state index contributed by atoms with van der Waals surface area (Å²) in [5.74, 6) is -0.251. The first-order valence-corrected chi connectivity index (χ1v) is 14.0. The van der Waals surface area contributed by atoms with Crippen molar-refractivity contribution in [1.29, 1.82) is 0 Å². The highest BCUT2D eigenvalue weighted by Gasteiger charge is 2.60. The van der Waals surface area contributed by atoms with E-state index in [4.69, 9.17) is 0 Å². The Bertz CT molecular complexity index is 1030. The first kappa shape index (κ1) is 26.2. The quantitative estimate of drug-likeness (QED) is 0.342. The molecule has 0 spiro atoms. The number of allylic oxidation sites excluding steroid dienone is 3. The summed E-state index contributed by atoms with van der Waals surface area (Å²) in [4.78, 5) is 37.7. The number of aliphatic hydroxyl groups excluding tert-OH is 3. The number of fused-ring (bicyclic) bond motifs is 7. The summed E-state index contributed by atoms with van der Waals surface area (Å²) >= 11 is 0. The molecule has 2 heterocycles. The van der Waals surface area contributed by atoms with E-state index < -0.39 is 29.9 Å². The van der Waals surface area contributed by atoms with E-state index in [-0.39, 0.29) is 46.8 Å². The van der Waals surface area contributed by atoms with E-state index in [0.29, 0.717) is 43.6 Å². The van der Waals surface area contributed by atoms with E-state index in [1.807, 2.05) is 12.2 Å². The third-order valence-corrected chi connectivity index (χ3v) is 10.1. The number of Topliss-reactive ketones (excluding diaryl/α,β-unsaturated/α-hetero) is 1. The lowest BCUT2D eigenvalue weighted by molar-refractivity contribution is -0.129. The highest BCUT2D eigenvalue weighted by atomic mass is 16.3. The SMILES string of the molecule is CC[C@H]1[C@@H]2[C@H](O)[C@@H](O)[C@@H]3[C@H](C[C@@H]4/C=C\C(O)=C5C(=O)N[C@@H](CCCNC(=O)/C=C/C[C@@H]34)C5=O)[C@@H]2C[C@H]1C. The monoisotopic (exact) mass is 512 g/mol. The average Bonchev–Trinajstić information content (AvgIpc) is 3.48. The second-order valence-electron chi connectivity index (χ2n) is 11.9. The largest absolute Gasteiger partial charge is 0.507 e. The molecule has 0 radical (unpaired) electrons. The second kappa shape index (κ2) is 10.4. The van der Waals surface area contributed by atoms with Gasteiger partial charge in [-0.2, -0.15) is 0 Å². The topological polar surface area (TPSA) is 136 Å². The molecule has 11 atom stereocenters. The summed E-state index contributed by atoms with van der Waals surface area (Å²) in [7, 11) is 0.